The highest BCUT2D eigenvalue weighted by Crippen LogP contribution is 2.34. The second-order valence-corrected chi connectivity index (χ2v) is 10.2. The number of aryl methyl sites for hydroxylation is 1. The van der Waals surface area contributed by atoms with Crippen molar-refractivity contribution in [2.75, 3.05) is 26.2 Å². The average molecular weight is 477 g/mol. The molecule has 0 bridgehead atoms. The van der Waals surface area contributed by atoms with Gasteiger partial charge in [-0.25, -0.2) is 0 Å². The minimum atomic E-state index is -0.170. The third-order valence-corrected chi connectivity index (χ3v) is 7.06. The monoisotopic (exact) mass is 476 g/mol. The Labute approximate surface area is 206 Å². The Morgan fingerprint density at radius 1 is 1.09 bits per heavy atom. The molecule has 2 heterocycles. The van der Waals surface area contributed by atoms with E-state index in [1.807, 2.05) is 54.3 Å². The highest BCUT2D eigenvalue weighted by atomic mass is 32.1. The summed E-state index contributed by atoms with van der Waals surface area (Å²) in [7, 11) is 0. The van der Waals surface area contributed by atoms with Gasteiger partial charge in [0.25, 0.3) is 5.91 Å². The Hall–Kier alpha value is -3.12. The first-order valence-electron chi connectivity index (χ1n) is 11.8. The summed E-state index contributed by atoms with van der Waals surface area (Å²) in [5.41, 5.74) is 2.94. The van der Waals surface area contributed by atoms with Gasteiger partial charge in [-0.2, -0.15) is 0 Å². The zero-order valence-corrected chi connectivity index (χ0v) is 20.9. The molecule has 2 amide bonds. The van der Waals surface area contributed by atoms with E-state index >= 15 is 0 Å². The maximum absolute atomic E-state index is 13.6. The highest BCUT2D eigenvalue weighted by Gasteiger charge is 2.33. The second kappa shape index (κ2) is 10.9. The molecule has 2 aromatic carbocycles. The first-order chi connectivity index (χ1) is 16.4. The number of thiophene rings is 1. The van der Waals surface area contributed by atoms with Crippen LogP contribution in [-0.2, 0) is 11.2 Å². The summed E-state index contributed by atoms with van der Waals surface area (Å²) in [5, 5.41) is 2.08. The lowest BCUT2D eigenvalue weighted by atomic mass is 10.00. The number of hydrogen-bond acceptors (Lipinski definition) is 4. The number of amides is 2. The van der Waals surface area contributed by atoms with Crippen molar-refractivity contribution < 1.29 is 14.3 Å². The van der Waals surface area contributed by atoms with Crippen LogP contribution < -0.4 is 4.74 Å². The Balaban J connectivity index is 1.52. The number of benzene rings is 2. The Morgan fingerprint density at radius 3 is 2.53 bits per heavy atom. The van der Waals surface area contributed by atoms with E-state index < -0.39 is 0 Å². The maximum atomic E-state index is 13.6. The normalized spacial score (nSPS) is 15.2. The standard InChI is InChI=1S/C28H32N2O3S/c1-20(2)17-29(28(32)22-7-5-4-6-8-22)18-27(31)30-15-13-26-24(14-16-34-26)25(30)19-33-23-11-9-21(3)10-12-23/h4-12,14,16,20,25H,13,15,17-19H2,1-3H3/t25-/m0/s1. The number of carbonyl (C=O) groups is 2. The lowest BCUT2D eigenvalue weighted by Crippen LogP contribution is -2.48. The molecule has 0 fully saturated rings. The van der Waals surface area contributed by atoms with Gasteiger partial charge in [0.1, 0.15) is 18.9 Å². The summed E-state index contributed by atoms with van der Waals surface area (Å²) < 4.78 is 6.12. The van der Waals surface area contributed by atoms with E-state index in [0.717, 1.165) is 17.7 Å². The number of fused-ring (bicyclic) bond motifs is 1. The molecule has 5 nitrogen and oxygen atoms in total. The highest BCUT2D eigenvalue weighted by molar-refractivity contribution is 7.10. The number of rotatable bonds is 8. The molecule has 4 rings (SSSR count). The fourth-order valence-electron chi connectivity index (χ4n) is 4.36. The van der Waals surface area contributed by atoms with Crippen molar-refractivity contribution in [3.8, 4) is 5.75 Å². The lowest BCUT2D eigenvalue weighted by Gasteiger charge is -2.37. The van der Waals surface area contributed by atoms with Crippen molar-refractivity contribution in [2.45, 2.75) is 33.2 Å². The van der Waals surface area contributed by atoms with Gasteiger partial charge < -0.3 is 14.5 Å². The molecule has 1 aliphatic heterocycles. The molecule has 0 N–H and O–H groups in total. The number of nitrogens with zero attached hydrogens (tertiary/aromatic N) is 2. The zero-order valence-electron chi connectivity index (χ0n) is 20.1. The van der Waals surface area contributed by atoms with Crippen molar-refractivity contribution >= 4 is 23.2 Å². The fraction of sp³-hybridized carbons (Fsp3) is 0.357. The summed E-state index contributed by atoms with van der Waals surface area (Å²) in [4.78, 5) is 31.7. The van der Waals surface area contributed by atoms with Crippen molar-refractivity contribution in [1.82, 2.24) is 9.80 Å². The lowest BCUT2D eigenvalue weighted by molar-refractivity contribution is -0.135. The van der Waals surface area contributed by atoms with Crippen LogP contribution in [0.1, 0.15) is 46.3 Å². The summed E-state index contributed by atoms with van der Waals surface area (Å²) in [6.45, 7) is 7.77. The number of carbonyl (C=O) groups excluding carboxylic acids is 2. The Morgan fingerprint density at radius 2 is 1.82 bits per heavy atom. The molecule has 0 aliphatic carbocycles. The van der Waals surface area contributed by atoms with Gasteiger partial charge in [0.05, 0.1) is 6.04 Å². The average Bonchev–Trinajstić information content (AvgIpc) is 3.32. The van der Waals surface area contributed by atoms with Crippen LogP contribution in [0.4, 0.5) is 0 Å². The minimum absolute atomic E-state index is 0.0423. The topological polar surface area (TPSA) is 49.9 Å². The van der Waals surface area contributed by atoms with E-state index in [1.54, 1.807) is 28.4 Å². The molecule has 178 valence electrons. The molecule has 3 aromatic rings. The number of hydrogen-bond donors (Lipinski definition) is 0. The van der Waals surface area contributed by atoms with Crippen LogP contribution >= 0.6 is 11.3 Å². The van der Waals surface area contributed by atoms with E-state index in [9.17, 15) is 9.59 Å². The Kier molecular flexibility index (Phi) is 7.68. The summed E-state index contributed by atoms with van der Waals surface area (Å²) in [6.07, 6.45) is 0.830. The van der Waals surface area contributed by atoms with Crippen molar-refractivity contribution in [3.63, 3.8) is 0 Å². The first kappa shape index (κ1) is 24.0. The van der Waals surface area contributed by atoms with Crippen molar-refractivity contribution in [3.05, 3.63) is 87.6 Å². The summed E-state index contributed by atoms with van der Waals surface area (Å²) >= 11 is 1.73. The van der Waals surface area contributed by atoms with Gasteiger partial charge in [0.2, 0.25) is 5.91 Å². The molecule has 0 spiro atoms. The third-order valence-electron chi connectivity index (χ3n) is 6.06. The van der Waals surface area contributed by atoms with Crippen molar-refractivity contribution in [1.29, 1.82) is 0 Å². The Bertz CT molecular complexity index is 1110. The molecule has 0 saturated carbocycles. The van der Waals surface area contributed by atoms with Crippen LogP contribution in [0.15, 0.2) is 66.0 Å². The van der Waals surface area contributed by atoms with E-state index in [0.29, 0.717) is 25.3 Å². The molecule has 0 radical (unpaired) electrons. The molecule has 34 heavy (non-hydrogen) atoms. The fourth-order valence-corrected chi connectivity index (χ4v) is 5.29. The van der Waals surface area contributed by atoms with E-state index in [1.165, 1.54) is 10.4 Å². The van der Waals surface area contributed by atoms with Crippen LogP contribution in [0.25, 0.3) is 0 Å². The molecule has 1 atom stereocenters. The third kappa shape index (κ3) is 5.68. The van der Waals surface area contributed by atoms with Gasteiger partial charge >= 0.3 is 0 Å². The smallest absolute Gasteiger partial charge is 0.254 e. The second-order valence-electron chi connectivity index (χ2n) is 9.22. The van der Waals surface area contributed by atoms with Gasteiger partial charge in [-0.1, -0.05) is 49.7 Å². The molecule has 0 saturated heterocycles. The van der Waals surface area contributed by atoms with E-state index in [4.69, 9.17) is 4.74 Å². The molecular formula is C28H32N2O3S. The quantitative estimate of drug-likeness (QED) is 0.440. The van der Waals surface area contributed by atoms with Gasteiger partial charge in [0.15, 0.2) is 0 Å². The predicted molar refractivity (Wildman–Crippen MR) is 136 cm³/mol. The summed E-state index contributed by atoms with van der Waals surface area (Å²) in [5.74, 6) is 0.898. The first-order valence-corrected chi connectivity index (χ1v) is 12.7. The molecule has 1 aliphatic rings. The molecule has 6 heteroatoms. The van der Waals surface area contributed by atoms with Crippen LogP contribution in [0, 0.1) is 12.8 Å². The van der Waals surface area contributed by atoms with Crippen LogP contribution in [-0.4, -0.2) is 47.9 Å². The zero-order chi connectivity index (χ0) is 24.1. The summed E-state index contributed by atoms with van der Waals surface area (Å²) in [6, 6.07) is 19.1. The van der Waals surface area contributed by atoms with Gasteiger partial charge in [-0.3, -0.25) is 9.59 Å². The van der Waals surface area contributed by atoms with E-state index in [-0.39, 0.29) is 30.3 Å². The van der Waals surface area contributed by atoms with Gasteiger partial charge in [-0.05, 0) is 60.5 Å². The maximum Gasteiger partial charge on any atom is 0.254 e. The minimum Gasteiger partial charge on any atom is -0.491 e. The van der Waals surface area contributed by atoms with E-state index in [2.05, 4.69) is 25.3 Å². The molecule has 0 unspecified atom stereocenters. The SMILES string of the molecule is Cc1ccc(OC[C@H]2c3ccsc3CCN2C(=O)CN(CC(C)C)C(=O)c2ccccc2)cc1. The van der Waals surface area contributed by atoms with Crippen molar-refractivity contribution in [2.24, 2.45) is 5.92 Å². The van der Waals surface area contributed by atoms with Crippen LogP contribution in [0.3, 0.4) is 0 Å². The predicted octanol–water partition coefficient (Wildman–Crippen LogP) is 5.36. The molecule has 1 aromatic heterocycles. The van der Waals surface area contributed by atoms with Gasteiger partial charge in [0, 0.05) is 23.5 Å². The van der Waals surface area contributed by atoms with Crippen LogP contribution in [0.5, 0.6) is 5.75 Å². The largest absolute Gasteiger partial charge is 0.491 e. The molecular weight excluding hydrogens is 444 g/mol. The number of ether oxygens (including phenoxy) is 1. The van der Waals surface area contributed by atoms with Crippen LogP contribution in [0.2, 0.25) is 0 Å². The van der Waals surface area contributed by atoms with Gasteiger partial charge in [-0.15, -0.1) is 11.3 Å².